The Kier molecular flexibility index (Phi) is 4.41. The number of fused-ring (bicyclic) bond motifs is 1. The molecule has 2 heterocycles. The summed E-state index contributed by atoms with van der Waals surface area (Å²) in [5, 5.41) is 0.868. The Labute approximate surface area is 172 Å². The number of nitrogens with zero attached hydrogens (tertiary/aromatic N) is 2. The molecule has 0 radical (unpaired) electrons. The third-order valence-corrected chi connectivity index (χ3v) is 6.04. The monoisotopic (exact) mass is 396 g/mol. The lowest BCUT2D eigenvalue weighted by atomic mass is 9.98. The van der Waals surface area contributed by atoms with E-state index in [0.29, 0.717) is 0 Å². The predicted molar refractivity (Wildman–Crippen MR) is 118 cm³/mol. The zero-order valence-corrected chi connectivity index (χ0v) is 16.6. The van der Waals surface area contributed by atoms with Gasteiger partial charge in [0.15, 0.2) is 0 Å². The van der Waals surface area contributed by atoms with E-state index in [-0.39, 0.29) is 5.82 Å². The lowest BCUT2D eigenvalue weighted by Crippen LogP contribution is -1.94. The van der Waals surface area contributed by atoms with Gasteiger partial charge in [-0.05, 0) is 36.8 Å². The van der Waals surface area contributed by atoms with E-state index in [2.05, 4.69) is 24.3 Å². The highest BCUT2D eigenvalue weighted by Gasteiger charge is 2.19. The molecule has 29 heavy (non-hydrogen) atoms. The van der Waals surface area contributed by atoms with Crippen LogP contribution < -0.4 is 0 Å². The minimum absolute atomic E-state index is 0.246. The Bertz CT molecular complexity index is 1290. The van der Waals surface area contributed by atoms with Gasteiger partial charge in [0.2, 0.25) is 0 Å². The van der Waals surface area contributed by atoms with Gasteiger partial charge in [0.25, 0.3) is 0 Å². The van der Waals surface area contributed by atoms with E-state index >= 15 is 0 Å². The SMILES string of the molecule is Cc1nc(-c2ccccc2)c(-c2ccccc2)c2sc(-c3ccc(F)cc3)nc12. The molecule has 4 heteroatoms. The molecule has 2 nitrogen and oxygen atoms in total. The Morgan fingerprint density at radius 1 is 0.690 bits per heavy atom. The Morgan fingerprint density at radius 3 is 1.97 bits per heavy atom. The zero-order chi connectivity index (χ0) is 19.8. The first kappa shape index (κ1) is 17.7. The van der Waals surface area contributed by atoms with Crippen LogP contribution in [0, 0.1) is 12.7 Å². The van der Waals surface area contributed by atoms with Crippen molar-refractivity contribution >= 4 is 21.6 Å². The maximum Gasteiger partial charge on any atom is 0.124 e. The van der Waals surface area contributed by atoms with Crippen LogP contribution in [0.15, 0.2) is 84.9 Å². The van der Waals surface area contributed by atoms with E-state index < -0.39 is 0 Å². The molecule has 0 aliphatic heterocycles. The summed E-state index contributed by atoms with van der Waals surface area (Å²) < 4.78 is 14.5. The van der Waals surface area contributed by atoms with Crippen molar-refractivity contribution in [2.75, 3.05) is 0 Å². The molecular weight excluding hydrogens is 379 g/mol. The first-order valence-corrected chi connectivity index (χ1v) is 10.2. The van der Waals surface area contributed by atoms with Gasteiger partial charge in [-0.15, -0.1) is 11.3 Å². The lowest BCUT2D eigenvalue weighted by Gasteiger charge is -2.12. The van der Waals surface area contributed by atoms with Crippen molar-refractivity contribution < 1.29 is 4.39 Å². The summed E-state index contributed by atoms with van der Waals surface area (Å²) in [6, 6.07) is 27.0. The normalized spacial score (nSPS) is 11.1. The third-order valence-electron chi connectivity index (χ3n) is 4.91. The minimum Gasteiger partial charge on any atom is -0.250 e. The molecule has 0 unspecified atom stereocenters. The van der Waals surface area contributed by atoms with Crippen molar-refractivity contribution in [2.45, 2.75) is 6.92 Å². The van der Waals surface area contributed by atoms with Crippen LogP contribution in [-0.4, -0.2) is 9.97 Å². The average Bonchev–Trinajstić information content (AvgIpc) is 3.21. The predicted octanol–water partition coefficient (Wildman–Crippen LogP) is 7.14. The van der Waals surface area contributed by atoms with Gasteiger partial charge in [0, 0.05) is 16.7 Å². The molecule has 0 saturated carbocycles. The van der Waals surface area contributed by atoms with Gasteiger partial charge in [-0.25, -0.2) is 9.37 Å². The second-order valence-corrected chi connectivity index (χ2v) is 7.86. The number of aryl methyl sites for hydroxylation is 1. The van der Waals surface area contributed by atoms with E-state index in [0.717, 1.165) is 48.9 Å². The summed E-state index contributed by atoms with van der Waals surface area (Å²) in [7, 11) is 0. The Balaban J connectivity index is 1.83. The van der Waals surface area contributed by atoms with Crippen LogP contribution in [-0.2, 0) is 0 Å². The van der Waals surface area contributed by atoms with Crippen molar-refractivity contribution in [3.63, 3.8) is 0 Å². The van der Waals surface area contributed by atoms with Crippen molar-refractivity contribution in [1.29, 1.82) is 0 Å². The van der Waals surface area contributed by atoms with Crippen LogP contribution in [0.1, 0.15) is 5.69 Å². The Hall–Kier alpha value is -3.37. The molecule has 0 atom stereocenters. The number of thiazole rings is 1. The maximum atomic E-state index is 13.4. The quantitative estimate of drug-likeness (QED) is 0.324. The van der Waals surface area contributed by atoms with Crippen molar-refractivity contribution in [1.82, 2.24) is 9.97 Å². The number of aromatic nitrogens is 2. The summed E-state index contributed by atoms with van der Waals surface area (Å²) >= 11 is 1.63. The topological polar surface area (TPSA) is 25.8 Å². The van der Waals surface area contributed by atoms with Gasteiger partial charge >= 0.3 is 0 Å². The van der Waals surface area contributed by atoms with Gasteiger partial charge in [0.05, 0.1) is 16.1 Å². The van der Waals surface area contributed by atoms with Gasteiger partial charge in [0.1, 0.15) is 16.3 Å². The van der Waals surface area contributed by atoms with Crippen molar-refractivity contribution in [3.05, 3.63) is 96.4 Å². The fraction of sp³-hybridized carbons (Fsp3) is 0.0400. The number of halogens is 1. The van der Waals surface area contributed by atoms with Gasteiger partial charge in [-0.2, -0.15) is 0 Å². The van der Waals surface area contributed by atoms with E-state index in [4.69, 9.17) is 9.97 Å². The highest BCUT2D eigenvalue weighted by molar-refractivity contribution is 7.22. The highest BCUT2D eigenvalue weighted by atomic mass is 32.1. The minimum atomic E-state index is -0.246. The van der Waals surface area contributed by atoms with Crippen LogP contribution in [0.3, 0.4) is 0 Å². The standard InChI is InChI=1S/C25H17FN2S/c1-16-22-24(29-25(28-22)19-12-14-20(26)15-13-19)21(17-8-4-2-5-9-17)23(27-16)18-10-6-3-7-11-18/h2-15H,1H3. The number of pyridine rings is 1. The van der Waals surface area contributed by atoms with Crippen molar-refractivity contribution in [2.24, 2.45) is 0 Å². The molecule has 140 valence electrons. The summed E-state index contributed by atoms with van der Waals surface area (Å²) in [6.07, 6.45) is 0. The van der Waals surface area contributed by atoms with E-state index in [1.807, 2.05) is 43.3 Å². The summed E-state index contributed by atoms with van der Waals surface area (Å²) in [6.45, 7) is 2.00. The first-order valence-electron chi connectivity index (χ1n) is 9.38. The summed E-state index contributed by atoms with van der Waals surface area (Å²) in [5.74, 6) is -0.246. The van der Waals surface area contributed by atoms with E-state index in [9.17, 15) is 4.39 Å². The number of benzene rings is 3. The number of hydrogen-bond donors (Lipinski definition) is 0. The Morgan fingerprint density at radius 2 is 1.31 bits per heavy atom. The smallest absolute Gasteiger partial charge is 0.124 e. The lowest BCUT2D eigenvalue weighted by molar-refractivity contribution is 0.628. The summed E-state index contributed by atoms with van der Waals surface area (Å²) in [4.78, 5) is 9.82. The molecule has 5 rings (SSSR count). The van der Waals surface area contributed by atoms with Crippen LogP contribution in [0.4, 0.5) is 4.39 Å². The molecule has 3 aromatic carbocycles. The molecule has 0 spiro atoms. The maximum absolute atomic E-state index is 13.4. The molecule has 0 aliphatic rings. The van der Waals surface area contributed by atoms with Gasteiger partial charge in [-0.1, -0.05) is 60.7 Å². The van der Waals surface area contributed by atoms with E-state index in [1.165, 1.54) is 12.1 Å². The van der Waals surface area contributed by atoms with Gasteiger partial charge in [-0.3, -0.25) is 4.98 Å². The average molecular weight is 396 g/mol. The molecule has 0 saturated heterocycles. The molecule has 5 aromatic rings. The number of rotatable bonds is 3. The fourth-order valence-corrected chi connectivity index (χ4v) is 4.70. The molecule has 0 fully saturated rings. The molecule has 2 aromatic heterocycles. The first-order chi connectivity index (χ1) is 14.2. The molecule has 0 aliphatic carbocycles. The van der Waals surface area contributed by atoms with Crippen LogP contribution >= 0.6 is 11.3 Å². The summed E-state index contributed by atoms with van der Waals surface area (Å²) in [5.41, 5.74) is 6.92. The molecule has 0 N–H and O–H groups in total. The zero-order valence-electron chi connectivity index (χ0n) is 15.8. The highest BCUT2D eigenvalue weighted by Crippen LogP contribution is 2.42. The molecule has 0 bridgehead atoms. The van der Waals surface area contributed by atoms with E-state index in [1.54, 1.807) is 23.5 Å². The van der Waals surface area contributed by atoms with Gasteiger partial charge < -0.3 is 0 Å². The second-order valence-electron chi connectivity index (χ2n) is 6.86. The second kappa shape index (κ2) is 7.22. The number of hydrogen-bond acceptors (Lipinski definition) is 3. The fourth-order valence-electron chi connectivity index (χ4n) is 3.51. The molecule has 0 amide bonds. The largest absolute Gasteiger partial charge is 0.250 e. The van der Waals surface area contributed by atoms with Crippen LogP contribution in [0.5, 0.6) is 0 Å². The van der Waals surface area contributed by atoms with Crippen LogP contribution in [0.25, 0.3) is 43.2 Å². The molecular formula is C25H17FN2S. The van der Waals surface area contributed by atoms with Crippen molar-refractivity contribution in [3.8, 4) is 33.0 Å². The van der Waals surface area contributed by atoms with Crippen LogP contribution in [0.2, 0.25) is 0 Å². The third kappa shape index (κ3) is 3.22.